The third kappa shape index (κ3) is 3.94. The van der Waals surface area contributed by atoms with Gasteiger partial charge in [0.2, 0.25) is 0 Å². The number of rotatable bonds is 6. The molecule has 24 heavy (non-hydrogen) atoms. The minimum atomic E-state index is -0.482. The fourth-order valence-electron chi connectivity index (χ4n) is 2.54. The molecule has 0 radical (unpaired) electrons. The number of benzene rings is 1. The van der Waals surface area contributed by atoms with E-state index in [1.165, 1.54) is 0 Å². The van der Waals surface area contributed by atoms with Gasteiger partial charge in [0, 0.05) is 23.8 Å². The molecule has 0 saturated carbocycles. The van der Waals surface area contributed by atoms with Crippen LogP contribution in [0.5, 0.6) is 0 Å². The van der Waals surface area contributed by atoms with Crippen LogP contribution < -0.4 is 0 Å². The molecule has 1 aliphatic heterocycles. The van der Waals surface area contributed by atoms with Crippen LogP contribution in [0.3, 0.4) is 0 Å². The lowest BCUT2D eigenvalue weighted by molar-refractivity contribution is -0.138. The highest BCUT2D eigenvalue weighted by molar-refractivity contribution is 9.10. The first-order chi connectivity index (χ1) is 11.5. The molecule has 0 aliphatic carbocycles. The SMILES string of the molecule is CCOC(=O)C1=C(C)N(CCOC)C(=O)C1=Cc1cccc(Br)c1. The average molecular weight is 394 g/mol. The molecule has 0 saturated heterocycles. The van der Waals surface area contributed by atoms with Crippen molar-refractivity contribution in [3.63, 3.8) is 0 Å². The van der Waals surface area contributed by atoms with E-state index in [9.17, 15) is 9.59 Å². The molecule has 5 nitrogen and oxygen atoms in total. The monoisotopic (exact) mass is 393 g/mol. The summed E-state index contributed by atoms with van der Waals surface area (Å²) in [5, 5.41) is 0. The van der Waals surface area contributed by atoms with Gasteiger partial charge >= 0.3 is 5.97 Å². The van der Waals surface area contributed by atoms with Gasteiger partial charge in [-0.1, -0.05) is 28.1 Å². The van der Waals surface area contributed by atoms with Crippen LogP contribution >= 0.6 is 15.9 Å². The average Bonchev–Trinajstić information content (AvgIpc) is 2.76. The van der Waals surface area contributed by atoms with Crippen LogP contribution in [-0.4, -0.2) is 43.6 Å². The molecule has 0 N–H and O–H groups in total. The smallest absolute Gasteiger partial charge is 0.340 e. The van der Waals surface area contributed by atoms with Crippen molar-refractivity contribution in [1.29, 1.82) is 0 Å². The number of carbonyl (C=O) groups is 2. The molecular formula is C18H20BrNO4. The first-order valence-electron chi connectivity index (χ1n) is 7.66. The number of esters is 1. The Morgan fingerprint density at radius 2 is 2.12 bits per heavy atom. The van der Waals surface area contributed by atoms with Gasteiger partial charge < -0.3 is 14.4 Å². The van der Waals surface area contributed by atoms with Crippen molar-refractivity contribution >= 4 is 33.9 Å². The lowest BCUT2D eigenvalue weighted by atomic mass is 10.0. The number of nitrogens with zero attached hydrogens (tertiary/aromatic N) is 1. The van der Waals surface area contributed by atoms with Crippen LogP contribution in [0.15, 0.2) is 45.6 Å². The number of hydrogen-bond donors (Lipinski definition) is 0. The summed E-state index contributed by atoms with van der Waals surface area (Å²) in [5.41, 5.74) is 2.09. The van der Waals surface area contributed by atoms with Crippen LogP contribution in [0.25, 0.3) is 6.08 Å². The first kappa shape index (κ1) is 18.4. The normalized spacial score (nSPS) is 16.2. The lowest BCUT2D eigenvalue weighted by Gasteiger charge is -2.16. The third-order valence-corrected chi connectivity index (χ3v) is 4.16. The molecule has 1 aliphatic rings. The summed E-state index contributed by atoms with van der Waals surface area (Å²) in [7, 11) is 1.57. The zero-order valence-corrected chi connectivity index (χ0v) is 15.6. The van der Waals surface area contributed by atoms with E-state index in [1.807, 2.05) is 24.3 Å². The zero-order chi connectivity index (χ0) is 17.7. The van der Waals surface area contributed by atoms with Crippen LogP contribution in [0.1, 0.15) is 19.4 Å². The maximum atomic E-state index is 12.8. The predicted molar refractivity (Wildman–Crippen MR) is 95.0 cm³/mol. The second-order valence-corrected chi connectivity index (χ2v) is 6.16. The third-order valence-electron chi connectivity index (χ3n) is 3.67. The second-order valence-electron chi connectivity index (χ2n) is 5.24. The van der Waals surface area contributed by atoms with E-state index in [4.69, 9.17) is 9.47 Å². The fraction of sp³-hybridized carbons (Fsp3) is 0.333. The van der Waals surface area contributed by atoms with Crippen molar-refractivity contribution in [2.24, 2.45) is 0 Å². The Morgan fingerprint density at radius 3 is 2.75 bits per heavy atom. The number of methoxy groups -OCH3 is 1. The summed E-state index contributed by atoms with van der Waals surface area (Å²) in [6, 6.07) is 7.53. The Balaban J connectivity index is 2.46. The highest BCUT2D eigenvalue weighted by Gasteiger charge is 2.36. The topological polar surface area (TPSA) is 55.8 Å². The fourth-order valence-corrected chi connectivity index (χ4v) is 2.96. The number of allylic oxidation sites excluding steroid dienone is 1. The van der Waals surface area contributed by atoms with Crippen molar-refractivity contribution in [3.05, 3.63) is 51.1 Å². The Morgan fingerprint density at radius 1 is 1.38 bits per heavy atom. The minimum Gasteiger partial charge on any atom is -0.462 e. The molecule has 0 fully saturated rings. The number of ether oxygens (including phenoxy) is 2. The van der Waals surface area contributed by atoms with Crippen LogP contribution in [-0.2, 0) is 19.1 Å². The summed E-state index contributed by atoms with van der Waals surface area (Å²) in [4.78, 5) is 26.7. The van der Waals surface area contributed by atoms with Crippen LogP contribution in [0.4, 0.5) is 0 Å². The molecule has 1 aromatic carbocycles. The largest absolute Gasteiger partial charge is 0.462 e. The molecule has 128 valence electrons. The molecule has 6 heteroatoms. The van der Waals surface area contributed by atoms with Gasteiger partial charge in [0.1, 0.15) is 0 Å². The van der Waals surface area contributed by atoms with Crippen molar-refractivity contribution in [2.75, 3.05) is 26.9 Å². The summed E-state index contributed by atoms with van der Waals surface area (Å²) >= 11 is 3.41. The first-order valence-corrected chi connectivity index (χ1v) is 8.45. The quantitative estimate of drug-likeness (QED) is 0.550. The highest BCUT2D eigenvalue weighted by Crippen LogP contribution is 2.31. The minimum absolute atomic E-state index is 0.215. The number of hydrogen-bond acceptors (Lipinski definition) is 4. The zero-order valence-electron chi connectivity index (χ0n) is 14.0. The van der Waals surface area contributed by atoms with E-state index in [0.717, 1.165) is 10.0 Å². The van der Waals surface area contributed by atoms with Crippen LogP contribution in [0, 0.1) is 0 Å². The van der Waals surface area contributed by atoms with E-state index in [-0.39, 0.29) is 12.5 Å². The van der Waals surface area contributed by atoms with Crippen molar-refractivity contribution in [3.8, 4) is 0 Å². The molecule has 1 aromatic rings. The summed E-state index contributed by atoms with van der Waals surface area (Å²) in [5.74, 6) is -0.697. The molecule has 0 aromatic heterocycles. The maximum Gasteiger partial charge on any atom is 0.340 e. The van der Waals surface area contributed by atoms with Gasteiger partial charge in [0.15, 0.2) is 0 Å². The Hall–Kier alpha value is -1.92. The maximum absolute atomic E-state index is 12.8. The molecular weight excluding hydrogens is 374 g/mol. The molecule has 0 spiro atoms. The van der Waals surface area contributed by atoms with Crippen LogP contribution in [0.2, 0.25) is 0 Å². The highest BCUT2D eigenvalue weighted by atomic mass is 79.9. The van der Waals surface area contributed by atoms with Gasteiger partial charge in [-0.3, -0.25) is 4.79 Å². The molecule has 0 bridgehead atoms. The number of halogens is 1. The lowest BCUT2D eigenvalue weighted by Crippen LogP contribution is -2.28. The van der Waals surface area contributed by atoms with E-state index in [0.29, 0.717) is 30.0 Å². The second kappa shape index (κ2) is 8.26. The summed E-state index contributed by atoms with van der Waals surface area (Å²) in [6.45, 7) is 4.53. The van der Waals surface area contributed by atoms with Gasteiger partial charge in [-0.05, 0) is 37.6 Å². The molecule has 0 atom stereocenters. The van der Waals surface area contributed by atoms with Crippen molar-refractivity contribution in [1.82, 2.24) is 4.90 Å². The van der Waals surface area contributed by atoms with E-state index >= 15 is 0 Å². The molecule has 2 rings (SSSR count). The summed E-state index contributed by atoms with van der Waals surface area (Å²) in [6.07, 6.45) is 1.72. The Bertz CT molecular complexity index is 709. The Kier molecular flexibility index (Phi) is 6.34. The molecule has 1 amide bonds. The number of carbonyl (C=O) groups excluding carboxylic acids is 2. The number of amides is 1. The van der Waals surface area contributed by atoms with Crippen molar-refractivity contribution in [2.45, 2.75) is 13.8 Å². The van der Waals surface area contributed by atoms with Gasteiger partial charge in [-0.15, -0.1) is 0 Å². The predicted octanol–water partition coefficient (Wildman–Crippen LogP) is 3.16. The summed E-state index contributed by atoms with van der Waals surface area (Å²) < 4.78 is 11.1. The Labute approximate surface area is 150 Å². The molecule has 0 unspecified atom stereocenters. The van der Waals surface area contributed by atoms with E-state index < -0.39 is 5.97 Å². The van der Waals surface area contributed by atoms with Gasteiger partial charge in [0.25, 0.3) is 5.91 Å². The van der Waals surface area contributed by atoms with E-state index in [2.05, 4.69) is 15.9 Å². The van der Waals surface area contributed by atoms with Crippen molar-refractivity contribution < 1.29 is 19.1 Å². The van der Waals surface area contributed by atoms with Gasteiger partial charge in [-0.25, -0.2) is 4.79 Å². The van der Waals surface area contributed by atoms with Gasteiger partial charge in [0.05, 0.1) is 24.4 Å². The van der Waals surface area contributed by atoms with E-state index in [1.54, 1.807) is 31.9 Å². The standard InChI is InChI=1S/C18H20BrNO4/c1-4-24-18(22)16-12(2)20(8-9-23-3)17(21)15(16)11-13-6-5-7-14(19)10-13/h5-7,10-11H,4,8-9H2,1-3H3. The molecule has 1 heterocycles. The van der Waals surface area contributed by atoms with Gasteiger partial charge in [-0.2, -0.15) is 0 Å².